The van der Waals surface area contributed by atoms with E-state index in [1.165, 1.54) is 13.8 Å². The molecule has 0 bridgehead atoms. The number of carbonyl (C=O) groups is 4. The molecule has 3 unspecified atom stereocenters. The van der Waals surface area contributed by atoms with Crippen molar-refractivity contribution < 1.29 is 19.2 Å². The van der Waals surface area contributed by atoms with Crippen LogP contribution in [0.25, 0.3) is 0 Å². The Morgan fingerprint density at radius 1 is 0.677 bits per heavy atom. The van der Waals surface area contributed by atoms with Crippen molar-refractivity contribution >= 4 is 23.4 Å². The van der Waals surface area contributed by atoms with Gasteiger partial charge in [-0.2, -0.15) is 0 Å². The summed E-state index contributed by atoms with van der Waals surface area (Å²) >= 11 is 0. The highest BCUT2D eigenvalue weighted by Crippen LogP contribution is 2.12. The highest BCUT2D eigenvalue weighted by atomic mass is 16.2. The van der Waals surface area contributed by atoms with E-state index in [9.17, 15) is 19.2 Å². The van der Waals surface area contributed by atoms with Crippen LogP contribution in [0.15, 0.2) is 0 Å². The van der Waals surface area contributed by atoms with E-state index in [-0.39, 0.29) is 54.2 Å². The van der Waals surface area contributed by atoms with Crippen LogP contribution < -0.4 is 21.3 Å². The molecule has 0 fully saturated rings. The van der Waals surface area contributed by atoms with Gasteiger partial charge in [0.25, 0.3) is 0 Å². The molecule has 4 N–H and O–H groups in total. The van der Waals surface area contributed by atoms with Gasteiger partial charge in [0.15, 0.2) is 0 Å². The van der Waals surface area contributed by atoms with E-state index in [1.54, 1.807) is 0 Å². The van der Waals surface area contributed by atoms with Crippen molar-refractivity contribution in [3.63, 3.8) is 0 Å². The molecule has 0 radical (unpaired) electrons. The number of amides is 2. The smallest absolute Gasteiger partial charge is 0.222 e. The van der Waals surface area contributed by atoms with Gasteiger partial charge in [0.1, 0.15) is 11.6 Å². The maximum absolute atomic E-state index is 12.6. The number of nitrogens with one attached hydrogen (secondary N) is 4. The molecular formula is C23H44N4O4. The fourth-order valence-corrected chi connectivity index (χ4v) is 3.54. The van der Waals surface area contributed by atoms with E-state index in [0.29, 0.717) is 25.7 Å². The first-order chi connectivity index (χ1) is 14.7. The summed E-state index contributed by atoms with van der Waals surface area (Å²) in [4.78, 5) is 47.9. The van der Waals surface area contributed by atoms with Gasteiger partial charge >= 0.3 is 0 Å². The van der Waals surface area contributed by atoms with Crippen LogP contribution in [0.3, 0.4) is 0 Å². The Hall–Kier alpha value is -1.80. The highest BCUT2D eigenvalue weighted by Gasteiger charge is 2.21. The lowest BCUT2D eigenvalue weighted by molar-refractivity contribution is -0.125. The number of carbonyl (C=O) groups excluding carboxylic acids is 4. The van der Waals surface area contributed by atoms with Crippen LogP contribution in [0.5, 0.6) is 0 Å². The molecule has 0 aliphatic carbocycles. The number of hydrogen-bond acceptors (Lipinski definition) is 6. The molecule has 0 spiro atoms. The van der Waals surface area contributed by atoms with Crippen molar-refractivity contribution in [2.45, 2.75) is 90.6 Å². The topological polar surface area (TPSA) is 116 Å². The molecule has 2 amide bonds. The monoisotopic (exact) mass is 440 g/mol. The molecule has 8 heteroatoms. The van der Waals surface area contributed by atoms with Crippen LogP contribution in [0.2, 0.25) is 0 Å². The molecule has 0 aliphatic heterocycles. The lowest BCUT2D eigenvalue weighted by Crippen LogP contribution is -2.43. The minimum Gasteiger partial charge on any atom is -0.353 e. The van der Waals surface area contributed by atoms with Gasteiger partial charge in [0.05, 0.1) is 0 Å². The average molecular weight is 441 g/mol. The fourth-order valence-electron chi connectivity index (χ4n) is 3.54. The molecule has 0 aromatic carbocycles. The summed E-state index contributed by atoms with van der Waals surface area (Å²) in [5, 5.41) is 12.1. The highest BCUT2D eigenvalue weighted by molar-refractivity contribution is 5.81. The van der Waals surface area contributed by atoms with Crippen molar-refractivity contribution in [2.75, 3.05) is 27.2 Å². The molecule has 0 heterocycles. The summed E-state index contributed by atoms with van der Waals surface area (Å²) in [6.45, 7) is 6.79. The quantitative estimate of drug-likeness (QED) is 0.227. The number of ketones is 2. The number of hydrogen-bond donors (Lipinski definition) is 4. The van der Waals surface area contributed by atoms with Crippen LogP contribution in [0.4, 0.5) is 0 Å². The van der Waals surface area contributed by atoms with Crippen LogP contribution >= 0.6 is 0 Å². The Kier molecular flexibility index (Phi) is 16.8. The van der Waals surface area contributed by atoms with Crippen molar-refractivity contribution in [2.24, 2.45) is 5.92 Å². The third-order valence-electron chi connectivity index (χ3n) is 5.18. The van der Waals surface area contributed by atoms with E-state index < -0.39 is 0 Å². The normalized spacial score (nSPS) is 13.8. The minimum atomic E-state index is -0.352. The molecule has 31 heavy (non-hydrogen) atoms. The van der Waals surface area contributed by atoms with Crippen molar-refractivity contribution in [1.29, 1.82) is 0 Å². The minimum absolute atomic E-state index is 0.0278. The zero-order valence-electron chi connectivity index (χ0n) is 20.1. The fraction of sp³-hybridized carbons (Fsp3) is 0.826. The van der Waals surface area contributed by atoms with E-state index in [1.807, 2.05) is 14.1 Å². The SMILES string of the molecule is CNCCCC(C)CC(=O)NC(CCCNC)CC(=O)NC(CCC(C)=O)CC(C)=O. The largest absolute Gasteiger partial charge is 0.353 e. The van der Waals surface area contributed by atoms with Gasteiger partial charge in [0, 0.05) is 37.8 Å². The standard InChI is InChI=1S/C23H44N4O4/c1-17(8-6-12-24-4)14-22(30)26-20(9-7-13-25-5)16-23(31)27-21(15-19(3)29)11-10-18(2)28/h17,20-21,24-25H,6-16H2,1-5H3,(H,26,30)(H,27,31). The zero-order valence-corrected chi connectivity index (χ0v) is 20.1. The van der Waals surface area contributed by atoms with Crippen LogP contribution in [0.1, 0.15) is 78.6 Å². The molecule has 180 valence electrons. The molecule has 0 aromatic heterocycles. The molecule has 0 rings (SSSR count). The predicted molar refractivity (Wildman–Crippen MR) is 124 cm³/mol. The van der Waals surface area contributed by atoms with Crippen LogP contribution in [-0.4, -0.2) is 62.6 Å². The van der Waals surface area contributed by atoms with Gasteiger partial charge in [-0.3, -0.25) is 14.4 Å². The van der Waals surface area contributed by atoms with Gasteiger partial charge in [-0.1, -0.05) is 6.92 Å². The van der Waals surface area contributed by atoms with Gasteiger partial charge < -0.3 is 26.1 Å². The zero-order chi connectivity index (χ0) is 23.6. The first kappa shape index (κ1) is 29.2. The molecule has 0 saturated carbocycles. The average Bonchev–Trinajstić information content (AvgIpc) is 2.65. The van der Waals surface area contributed by atoms with Crippen LogP contribution in [-0.2, 0) is 19.2 Å². The molecule has 0 aromatic rings. The molecule has 0 saturated heterocycles. The second kappa shape index (κ2) is 17.8. The van der Waals surface area contributed by atoms with Crippen molar-refractivity contribution in [3.8, 4) is 0 Å². The third kappa shape index (κ3) is 17.6. The van der Waals surface area contributed by atoms with Gasteiger partial charge in [-0.25, -0.2) is 0 Å². The summed E-state index contributed by atoms with van der Waals surface area (Å²) in [6, 6.07) is -0.606. The summed E-state index contributed by atoms with van der Waals surface area (Å²) in [7, 11) is 3.79. The van der Waals surface area contributed by atoms with E-state index >= 15 is 0 Å². The second-order valence-corrected chi connectivity index (χ2v) is 8.68. The van der Waals surface area contributed by atoms with Crippen molar-refractivity contribution in [3.05, 3.63) is 0 Å². The summed E-state index contributed by atoms with van der Waals surface area (Å²) in [5.74, 6) is 0.0539. The van der Waals surface area contributed by atoms with Gasteiger partial charge in [0.2, 0.25) is 11.8 Å². The van der Waals surface area contributed by atoms with E-state index in [2.05, 4.69) is 28.2 Å². The maximum Gasteiger partial charge on any atom is 0.222 e. The second-order valence-electron chi connectivity index (χ2n) is 8.68. The number of rotatable bonds is 19. The lowest BCUT2D eigenvalue weighted by Gasteiger charge is -2.22. The predicted octanol–water partition coefficient (Wildman–Crippen LogP) is 1.72. The van der Waals surface area contributed by atoms with Gasteiger partial charge in [-0.15, -0.1) is 0 Å². The summed E-state index contributed by atoms with van der Waals surface area (Å²) < 4.78 is 0. The Morgan fingerprint density at radius 2 is 1.19 bits per heavy atom. The summed E-state index contributed by atoms with van der Waals surface area (Å²) in [5.41, 5.74) is 0. The Bertz CT molecular complexity index is 554. The van der Waals surface area contributed by atoms with Crippen molar-refractivity contribution in [1.82, 2.24) is 21.3 Å². The molecule has 3 atom stereocenters. The molecule has 8 nitrogen and oxygen atoms in total. The lowest BCUT2D eigenvalue weighted by atomic mass is 10.00. The Morgan fingerprint density at radius 3 is 1.71 bits per heavy atom. The Labute approximate surface area is 188 Å². The number of Topliss-reactive ketones (excluding diaryl/α,β-unsaturated/α-hetero) is 2. The summed E-state index contributed by atoms with van der Waals surface area (Å²) in [6.07, 6.45) is 5.12. The first-order valence-electron chi connectivity index (χ1n) is 11.5. The third-order valence-corrected chi connectivity index (χ3v) is 5.18. The molecule has 0 aliphatic rings. The Balaban J connectivity index is 4.78. The van der Waals surface area contributed by atoms with Gasteiger partial charge in [-0.05, 0) is 79.1 Å². The maximum atomic E-state index is 12.6. The van der Waals surface area contributed by atoms with E-state index in [4.69, 9.17) is 0 Å². The van der Waals surface area contributed by atoms with E-state index in [0.717, 1.165) is 32.4 Å². The molecular weight excluding hydrogens is 396 g/mol. The van der Waals surface area contributed by atoms with Crippen LogP contribution in [0, 0.1) is 5.92 Å². The first-order valence-corrected chi connectivity index (χ1v) is 11.5.